The Bertz CT molecular complexity index is 847. The average Bonchev–Trinajstić information content (AvgIpc) is 3.00. The number of hydrogen-bond donors (Lipinski definition) is 1. The molecule has 0 unspecified atom stereocenters. The van der Waals surface area contributed by atoms with Crippen molar-refractivity contribution in [1.82, 2.24) is 9.97 Å². The van der Waals surface area contributed by atoms with E-state index in [1.807, 2.05) is 32.0 Å². The zero-order chi connectivity index (χ0) is 17.6. The van der Waals surface area contributed by atoms with Crippen LogP contribution in [0.2, 0.25) is 0 Å². The molecule has 0 radical (unpaired) electrons. The minimum Gasteiger partial charge on any atom is -0.326 e. The molecule has 3 rings (SSSR count). The Morgan fingerprint density at radius 3 is 2.38 bits per heavy atom. The van der Waals surface area contributed by atoms with E-state index in [2.05, 4.69) is 49.1 Å². The number of amides is 1. The monoisotopic (exact) mass is 323 g/mol. The lowest BCUT2D eigenvalue weighted by Crippen LogP contribution is -2.16. The van der Waals surface area contributed by atoms with Crippen LogP contribution in [0.4, 0.5) is 5.69 Å². The lowest BCUT2D eigenvalue weighted by molar-refractivity contribution is -0.118. The molecule has 1 aromatic heterocycles. The fraction of sp³-hybridized carbons (Fsp3) is 0.450. The van der Waals surface area contributed by atoms with E-state index < -0.39 is 0 Å². The summed E-state index contributed by atoms with van der Waals surface area (Å²) >= 11 is 0. The first kappa shape index (κ1) is 16.6. The molecule has 1 amide bonds. The predicted molar refractivity (Wildman–Crippen MR) is 97.8 cm³/mol. The van der Waals surface area contributed by atoms with Gasteiger partial charge in [0.15, 0.2) is 0 Å². The maximum atomic E-state index is 12.7. The average molecular weight is 323 g/mol. The molecule has 126 valence electrons. The van der Waals surface area contributed by atoms with Gasteiger partial charge in [0.2, 0.25) is 5.91 Å². The Morgan fingerprint density at radius 1 is 1.12 bits per heavy atom. The van der Waals surface area contributed by atoms with Gasteiger partial charge in [-0.25, -0.2) is 9.97 Å². The van der Waals surface area contributed by atoms with Crippen molar-refractivity contribution in [2.75, 3.05) is 5.32 Å². The number of hydrogen-bond acceptors (Lipinski definition) is 3. The molecule has 1 aromatic carbocycles. The molecule has 4 heteroatoms. The van der Waals surface area contributed by atoms with E-state index in [-0.39, 0.29) is 17.2 Å². The van der Waals surface area contributed by atoms with Crippen molar-refractivity contribution in [2.24, 2.45) is 17.3 Å². The van der Waals surface area contributed by atoms with Crippen molar-refractivity contribution < 1.29 is 4.79 Å². The van der Waals surface area contributed by atoms with Gasteiger partial charge in [-0.3, -0.25) is 4.79 Å². The molecule has 1 saturated carbocycles. The summed E-state index contributed by atoms with van der Waals surface area (Å²) < 4.78 is 0. The zero-order valence-electron chi connectivity index (χ0n) is 15.3. The number of carbonyl (C=O) groups excluding carboxylic acids is 1. The summed E-state index contributed by atoms with van der Waals surface area (Å²) in [6, 6.07) is 5.71. The molecule has 0 saturated heterocycles. The number of fused-ring (bicyclic) bond motifs is 1. The van der Waals surface area contributed by atoms with Gasteiger partial charge in [0.25, 0.3) is 0 Å². The first-order chi connectivity index (χ1) is 11.2. The Labute approximate surface area is 143 Å². The highest BCUT2D eigenvalue weighted by Crippen LogP contribution is 2.59. The number of anilines is 1. The number of aryl methyl sites for hydroxylation is 2. The number of aromatic nitrogens is 2. The van der Waals surface area contributed by atoms with Crippen LogP contribution >= 0.6 is 0 Å². The lowest BCUT2D eigenvalue weighted by atomic mass is 10.1. The van der Waals surface area contributed by atoms with Crippen molar-refractivity contribution in [1.29, 1.82) is 0 Å². The van der Waals surface area contributed by atoms with E-state index in [4.69, 9.17) is 0 Å². The summed E-state index contributed by atoms with van der Waals surface area (Å²) in [6.45, 7) is 12.4. The number of nitrogens with one attached hydrogen (secondary N) is 1. The Hall–Kier alpha value is -2.23. The third kappa shape index (κ3) is 2.93. The highest BCUT2D eigenvalue weighted by Gasteiger charge is 2.60. The van der Waals surface area contributed by atoms with Crippen molar-refractivity contribution in [3.63, 3.8) is 0 Å². The van der Waals surface area contributed by atoms with Crippen molar-refractivity contribution in [3.05, 3.63) is 41.2 Å². The van der Waals surface area contributed by atoms with E-state index in [1.54, 1.807) is 0 Å². The van der Waals surface area contributed by atoms with Gasteiger partial charge < -0.3 is 5.32 Å². The summed E-state index contributed by atoms with van der Waals surface area (Å²) in [5, 5.41) is 3.05. The summed E-state index contributed by atoms with van der Waals surface area (Å²) in [5.74, 6) is 0.417. The largest absolute Gasteiger partial charge is 0.326 e. The van der Waals surface area contributed by atoms with Crippen LogP contribution in [0.3, 0.4) is 0 Å². The second-order valence-electron chi connectivity index (χ2n) is 7.66. The summed E-state index contributed by atoms with van der Waals surface area (Å²) in [4.78, 5) is 21.8. The maximum absolute atomic E-state index is 12.7. The molecule has 1 aliphatic rings. The van der Waals surface area contributed by atoms with Crippen LogP contribution in [0.1, 0.15) is 39.1 Å². The van der Waals surface area contributed by atoms with Crippen molar-refractivity contribution in [3.8, 4) is 0 Å². The van der Waals surface area contributed by atoms with Crippen LogP contribution < -0.4 is 5.32 Å². The molecule has 0 bridgehead atoms. The third-order valence-electron chi connectivity index (χ3n) is 5.05. The molecular weight excluding hydrogens is 298 g/mol. The van der Waals surface area contributed by atoms with Crippen molar-refractivity contribution >= 4 is 22.6 Å². The van der Waals surface area contributed by atoms with Crippen LogP contribution in [0.25, 0.3) is 11.0 Å². The van der Waals surface area contributed by atoms with Crippen LogP contribution in [0.5, 0.6) is 0 Å². The highest BCUT2D eigenvalue weighted by molar-refractivity contribution is 5.97. The molecule has 1 N–H and O–H groups in total. The van der Waals surface area contributed by atoms with Crippen LogP contribution in [-0.4, -0.2) is 15.9 Å². The van der Waals surface area contributed by atoms with Gasteiger partial charge in [-0.15, -0.1) is 0 Å². The zero-order valence-corrected chi connectivity index (χ0v) is 15.3. The number of carbonyl (C=O) groups is 1. The molecule has 1 fully saturated rings. The quantitative estimate of drug-likeness (QED) is 0.851. The first-order valence-electron chi connectivity index (χ1n) is 8.41. The minimum absolute atomic E-state index is 0.0196. The smallest absolute Gasteiger partial charge is 0.228 e. The van der Waals surface area contributed by atoms with E-state index in [1.165, 1.54) is 5.57 Å². The van der Waals surface area contributed by atoms with Crippen LogP contribution in [0, 0.1) is 31.1 Å². The fourth-order valence-corrected chi connectivity index (χ4v) is 3.38. The number of rotatable bonds is 3. The third-order valence-corrected chi connectivity index (χ3v) is 5.05. The SMILES string of the molecule is CC(C)=C[C@@H]1[C@H](C(=O)Nc2ccc3nc(C)c(C)nc3c2)C1(C)C. The fourth-order valence-electron chi connectivity index (χ4n) is 3.38. The highest BCUT2D eigenvalue weighted by atomic mass is 16.2. The molecule has 2 aromatic rings. The van der Waals surface area contributed by atoms with Crippen molar-refractivity contribution in [2.45, 2.75) is 41.5 Å². The van der Waals surface area contributed by atoms with E-state index in [0.29, 0.717) is 5.92 Å². The summed E-state index contributed by atoms with van der Waals surface area (Å²) in [7, 11) is 0. The van der Waals surface area contributed by atoms with Gasteiger partial charge >= 0.3 is 0 Å². The number of allylic oxidation sites excluding steroid dienone is 2. The van der Waals surface area contributed by atoms with Gasteiger partial charge in [0.05, 0.1) is 28.3 Å². The number of nitrogens with zero attached hydrogens (tertiary/aromatic N) is 2. The lowest BCUT2D eigenvalue weighted by Gasteiger charge is -2.08. The standard InChI is InChI=1S/C20H25N3O/c1-11(2)9-15-18(20(15,5)6)19(24)23-14-7-8-16-17(10-14)22-13(4)12(3)21-16/h7-10,15,18H,1-6H3,(H,23,24)/t15-,18-/m1/s1. The van der Waals surface area contributed by atoms with E-state index >= 15 is 0 Å². The van der Waals surface area contributed by atoms with Gasteiger partial charge in [-0.2, -0.15) is 0 Å². The van der Waals surface area contributed by atoms with Gasteiger partial charge in [0, 0.05) is 5.69 Å². The first-order valence-corrected chi connectivity index (χ1v) is 8.41. The van der Waals surface area contributed by atoms with E-state index in [9.17, 15) is 4.79 Å². The molecule has 4 nitrogen and oxygen atoms in total. The second kappa shape index (κ2) is 5.69. The molecule has 24 heavy (non-hydrogen) atoms. The Morgan fingerprint density at radius 2 is 1.75 bits per heavy atom. The minimum atomic E-state index is 0.0196. The second-order valence-corrected chi connectivity index (χ2v) is 7.66. The Kier molecular flexibility index (Phi) is 3.94. The molecule has 2 atom stereocenters. The topological polar surface area (TPSA) is 54.9 Å². The summed E-state index contributed by atoms with van der Waals surface area (Å²) in [6.07, 6.45) is 2.21. The number of benzene rings is 1. The molecule has 1 aliphatic carbocycles. The van der Waals surface area contributed by atoms with Gasteiger partial charge in [-0.05, 0) is 57.2 Å². The predicted octanol–water partition coefficient (Wildman–Crippen LogP) is 4.42. The summed E-state index contributed by atoms with van der Waals surface area (Å²) in [5.41, 5.74) is 5.57. The normalized spacial score (nSPS) is 21.4. The maximum Gasteiger partial charge on any atom is 0.228 e. The molecule has 0 spiro atoms. The molecular formula is C20H25N3O. The Balaban J connectivity index is 1.81. The van der Waals surface area contributed by atoms with Crippen LogP contribution in [0.15, 0.2) is 29.8 Å². The van der Waals surface area contributed by atoms with E-state index in [0.717, 1.165) is 28.1 Å². The molecule has 1 heterocycles. The molecule has 0 aliphatic heterocycles. The van der Waals surface area contributed by atoms with Gasteiger partial charge in [0.1, 0.15) is 0 Å². The van der Waals surface area contributed by atoms with Gasteiger partial charge in [-0.1, -0.05) is 25.5 Å². The van der Waals surface area contributed by atoms with Crippen LogP contribution in [-0.2, 0) is 4.79 Å².